The van der Waals surface area contributed by atoms with Gasteiger partial charge in [-0.2, -0.15) is 9.90 Å². The highest BCUT2D eigenvalue weighted by molar-refractivity contribution is 6.02. The maximum Gasteiger partial charge on any atom is 0.277 e. The molecule has 0 spiro atoms. The molecule has 154 valence electrons. The number of nitrogens with zero attached hydrogens (tertiary/aromatic N) is 6. The molecule has 0 bridgehead atoms. The van der Waals surface area contributed by atoms with Crippen molar-refractivity contribution in [1.82, 2.24) is 25.2 Å². The molecule has 31 heavy (non-hydrogen) atoms. The molecule has 0 radical (unpaired) electrons. The minimum atomic E-state index is -0.315. The van der Waals surface area contributed by atoms with Gasteiger partial charge in [-0.1, -0.05) is 30.3 Å². The first-order chi connectivity index (χ1) is 15.3. The van der Waals surface area contributed by atoms with Gasteiger partial charge in [-0.15, -0.1) is 15.3 Å². The molecule has 0 unspecified atom stereocenters. The topological polar surface area (TPSA) is 88.8 Å². The average Bonchev–Trinajstić information content (AvgIpc) is 3.53. The predicted molar refractivity (Wildman–Crippen MR) is 118 cm³/mol. The predicted octanol–water partition coefficient (Wildman–Crippen LogP) is 3.58. The van der Waals surface area contributed by atoms with E-state index >= 15 is 0 Å². The summed E-state index contributed by atoms with van der Waals surface area (Å²) in [5.74, 6) is 0.610. The van der Waals surface area contributed by atoms with E-state index in [1.54, 1.807) is 0 Å². The summed E-state index contributed by atoms with van der Waals surface area (Å²) in [5, 5.41) is 20.0. The summed E-state index contributed by atoms with van der Waals surface area (Å²) in [5.41, 5.74) is 3.45. The number of nitrogens with one attached hydrogen (secondary N) is 1. The minimum Gasteiger partial charge on any atom is -0.355 e. The summed E-state index contributed by atoms with van der Waals surface area (Å²) >= 11 is 0. The zero-order valence-corrected chi connectivity index (χ0v) is 16.8. The van der Waals surface area contributed by atoms with Gasteiger partial charge in [0.1, 0.15) is 0 Å². The van der Waals surface area contributed by atoms with Crippen LogP contribution in [0.2, 0.25) is 0 Å². The Bertz CT molecular complexity index is 1160. The molecule has 4 aromatic rings. The largest absolute Gasteiger partial charge is 0.355 e. The Morgan fingerprint density at radius 1 is 0.871 bits per heavy atom. The standard InChI is InChI=1S/C23H21N7O/c31-23(21-16-24-30(28-21)19-6-2-1-3-7-19)25-18-10-8-17(9-11-18)20-12-13-22(27-26-20)29-14-4-5-15-29/h1-3,6-13,16H,4-5,14-15H2,(H,25,31). The summed E-state index contributed by atoms with van der Waals surface area (Å²) in [7, 11) is 0. The lowest BCUT2D eigenvalue weighted by molar-refractivity contribution is 0.102. The molecule has 0 atom stereocenters. The fraction of sp³-hybridized carbons (Fsp3) is 0.174. The molecule has 2 aromatic heterocycles. The first-order valence-electron chi connectivity index (χ1n) is 10.2. The van der Waals surface area contributed by atoms with E-state index in [-0.39, 0.29) is 11.6 Å². The van der Waals surface area contributed by atoms with E-state index in [2.05, 4.69) is 30.6 Å². The van der Waals surface area contributed by atoms with E-state index in [1.807, 2.05) is 66.7 Å². The Labute approximate surface area is 179 Å². The molecule has 1 N–H and O–H groups in total. The number of aromatic nitrogens is 5. The summed E-state index contributed by atoms with van der Waals surface area (Å²) in [6.45, 7) is 2.09. The smallest absolute Gasteiger partial charge is 0.277 e. The van der Waals surface area contributed by atoms with Crippen LogP contribution >= 0.6 is 0 Å². The highest BCUT2D eigenvalue weighted by Crippen LogP contribution is 2.22. The molecule has 1 aliphatic rings. The molecular weight excluding hydrogens is 390 g/mol. The van der Waals surface area contributed by atoms with Crippen LogP contribution in [-0.2, 0) is 0 Å². The van der Waals surface area contributed by atoms with Crippen LogP contribution in [0.4, 0.5) is 11.5 Å². The fourth-order valence-corrected chi connectivity index (χ4v) is 3.57. The van der Waals surface area contributed by atoms with Crippen molar-refractivity contribution in [2.24, 2.45) is 0 Å². The van der Waals surface area contributed by atoms with Crippen LogP contribution in [0.5, 0.6) is 0 Å². The van der Waals surface area contributed by atoms with Crippen LogP contribution in [0.15, 0.2) is 72.9 Å². The highest BCUT2D eigenvalue weighted by atomic mass is 16.2. The number of carbonyl (C=O) groups is 1. The van der Waals surface area contributed by atoms with Crippen molar-refractivity contribution in [3.63, 3.8) is 0 Å². The van der Waals surface area contributed by atoms with E-state index in [9.17, 15) is 4.79 Å². The summed E-state index contributed by atoms with van der Waals surface area (Å²) in [4.78, 5) is 16.2. The van der Waals surface area contributed by atoms with E-state index in [1.165, 1.54) is 23.8 Å². The molecule has 1 fully saturated rings. The molecule has 1 aliphatic heterocycles. The van der Waals surface area contributed by atoms with Crippen molar-refractivity contribution in [2.75, 3.05) is 23.3 Å². The maximum absolute atomic E-state index is 12.5. The number of para-hydroxylation sites is 1. The van der Waals surface area contributed by atoms with Gasteiger partial charge in [-0.3, -0.25) is 4.79 Å². The van der Waals surface area contributed by atoms with Crippen molar-refractivity contribution in [2.45, 2.75) is 12.8 Å². The third kappa shape index (κ3) is 4.13. The van der Waals surface area contributed by atoms with Gasteiger partial charge in [0.25, 0.3) is 5.91 Å². The normalized spacial score (nSPS) is 13.4. The Hall–Kier alpha value is -4.07. The molecule has 1 saturated heterocycles. The summed E-state index contributed by atoms with van der Waals surface area (Å²) in [6, 6.07) is 21.0. The monoisotopic (exact) mass is 411 g/mol. The Morgan fingerprint density at radius 3 is 2.35 bits per heavy atom. The van der Waals surface area contributed by atoms with Crippen LogP contribution in [0.1, 0.15) is 23.3 Å². The van der Waals surface area contributed by atoms with Crippen LogP contribution in [0.3, 0.4) is 0 Å². The van der Waals surface area contributed by atoms with E-state index < -0.39 is 0 Å². The molecule has 1 amide bonds. The lowest BCUT2D eigenvalue weighted by atomic mass is 10.1. The van der Waals surface area contributed by atoms with Gasteiger partial charge in [0.05, 0.1) is 17.6 Å². The van der Waals surface area contributed by atoms with Crippen LogP contribution < -0.4 is 10.2 Å². The second-order valence-corrected chi connectivity index (χ2v) is 7.36. The molecule has 0 saturated carbocycles. The lowest BCUT2D eigenvalue weighted by Gasteiger charge is -2.15. The van der Waals surface area contributed by atoms with Crippen molar-refractivity contribution in [3.05, 3.63) is 78.6 Å². The number of anilines is 2. The number of hydrogen-bond acceptors (Lipinski definition) is 6. The van der Waals surface area contributed by atoms with Crippen molar-refractivity contribution in [3.8, 4) is 16.9 Å². The molecule has 0 aliphatic carbocycles. The number of hydrogen-bond donors (Lipinski definition) is 1. The van der Waals surface area contributed by atoms with Gasteiger partial charge in [-0.25, -0.2) is 0 Å². The second kappa shape index (κ2) is 8.35. The Kier molecular flexibility index (Phi) is 5.10. The van der Waals surface area contributed by atoms with E-state index in [0.717, 1.165) is 35.9 Å². The third-order valence-electron chi connectivity index (χ3n) is 5.23. The van der Waals surface area contributed by atoms with Gasteiger partial charge >= 0.3 is 0 Å². The number of amides is 1. The van der Waals surface area contributed by atoms with Gasteiger partial charge in [0.15, 0.2) is 11.5 Å². The van der Waals surface area contributed by atoms with Gasteiger partial charge < -0.3 is 10.2 Å². The van der Waals surface area contributed by atoms with E-state index in [0.29, 0.717) is 5.69 Å². The molecule has 3 heterocycles. The average molecular weight is 411 g/mol. The molecule has 8 nitrogen and oxygen atoms in total. The number of benzene rings is 2. The summed E-state index contributed by atoms with van der Waals surface area (Å²) in [6.07, 6.45) is 3.87. The van der Waals surface area contributed by atoms with Gasteiger partial charge in [0, 0.05) is 24.3 Å². The quantitative estimate of drug-likeness (QED) is 0.540. The summed E-state index contributed by atoms with van der Waals surface area (Å²) < 4.78 is 0. The lowest BCUT2D eigenvalue weighted by Crippen LogP contribution is -2.19. The fourth-order valence-electron chi connectivity index (χ4n) is 3.57. The first kappa shape index (κ1) is 18.9. The molecule has 5 rings (SSSR count). The highest BCUT2D eigenvalue weighted by Gasteiger charge is 2.14. The van der Waals surface area contributed by atoms with Gasteiger partial charge in [-0.05, 0) is 49.2 Å². The molecule has 8 heteroatoms. The SMILES string of the molecule is O=C(Nc1ccc(-c2ccc(N3CCCC3)nn2)cc1)c1cnn(-c2ccccc2)n1. The van der Waals surface area contributed by atoms with Crippen molar-refractivity contribution < 1.29 is 4.79 Å². The molecule has 2 aromatic carbocycles. The van der Waals surface area contributed by atoms with Crippen molar-refractivity contribution >= 4 is 17.4 Å². The molecular formula is C23H21N7O. The van der Waals surface area contributed by atoms with Gasteiger partial charge in [0.2, 0.25) is 0 Å². The Balaban J connectivity index is 1.25. The second-order valence-electron chi connectivity index (χ2n) is 7.36. The Morgan fingerprint density at radius 2 is 1.65 bits per heavy atom. The maximum atomic E-state index is 12.5. The third-order valence-corrected chi connectivity index (χ3v) is 5.23. The number of rotatable bonds is 5. The zero-order chi connectivity index (χ0) is 21.0. The first-order valence-corrected chi connectivity index (χ1v) is 10.2. The van der Waals surface area contributed by atoms with E-state index in [4.69, 9.17) is 0 Å². The zero-order valence-electron chi connectivity index (χ0n) is 16.8. The van der Waals surface area contributed by atoms with Crippen LogP contribution in [0, 0.1) is 0 Å². The number of carbonyl (C=O) groups excluding carboxylic acids is 1. The minimum absolute atomic E-state index is 0.247. The van der Waals surface area contributed by atoms with Crippen molar-refractivity contribution in [1.29, 1.82) is 0 Å². The van der Waals surface area contributed by atoms with Crippen LogP contribution in [-0.4, -0.2) is 44.2 Å². The van der Waals surface area contributed by atoms with Crippen LogP contribution in [0.25, 0.3) is 16.9 Å².